The van der Waals surface area contributed by atoms with E-state index in [0.717, 1.165) is 5.17 Å². The number of nitrogens with one attached hydrogen (secondary N) is 1. The van der Waals surface area contributed by atoms with Crippen LogP contribution in [0.4, 0.5) is 5.69 Å². The van der Waals surface area contributed by atoms with Crippen LogP contribution >= 0.6 is 11.8 Å². The fourth-order valence-electron chi connectivity index (χ4n) is 2.81. The maximum Gasteiger partial charge on any atom is 0.161 e. The molecule has 2 nitrogen and oxygen atoms in total. The van der Waals surface area contributed by atoms with Gasteiger partial charge in [0.1, 0.15) is 0 Å². The smallest absolute Gasteiger partial charge is 0.161 e. The molecule has 0 saturated heterocycles. The van der Waals surface area contributed by atoms with E-state index >= 15 is 0 Å². The Bertz CT molecular complexity index is 479. The third-order valence-electron chi connectivity index (χ3n) is 3.73. The quantitative estimate of drug-likeness (QED) is 0.753. The lowest BCUT2D eigenvalue weighted by Gasteiger charge is -2.29. The summed E-state index contributed by atoms with van der Waals surface area (Å²) in [5.41, 5.74) is 5.89. The number of benzene rings is 1. The van der Waals surface area contributed by atoms with Crippen molar-refractivity contribution in [1.29, 1.82) is 0 Å². The van der Waals surface area contributed by atoms with Crippen LogP contribution in [0.2, 0.25) is 0 Å². The number of hydrogen-bond acceptors (Lipinski definition) is 2. The Labute approximate surface area is 107 Å². The van der Waals surface area contributed by atoms with Gasteiger partial charge in [0.05, 0.1) is 0 Å². The minimum absolute atomic E-state index is 0.511. The third-order valence-corrected chi connectivity index (χ3v) is 4.84. The molecule has 2 aliphatic rings. The van der Waals surface area contributed by atoms with Gasteiger partial charge in [0.2, 0.25) is 0 Å². The Hall–Kier alpha value is -0.960. The molecule has 1 aliphatic heterocycles. The summed E-state index contributed by atoms with van der Waals surface area (Å²) in [7, 11) is 1.86. The van der Waals surface area contributed by atoms with Crippen LogP contribution in [0.1, 0.15) is 41.7 Å². The van der Waals surface area contributed by atoms with E-state index in [1.54, 1.807) is 5.56 Å². The van der Waals surface area contributed by atoms with Crippen molar-refractivity contribution in [3.63, 3.8) is 0 Å². The predicted molar refractivity (Wildman–Crippen MR) is 76.1 cm³/mol. The highest BCUT2D eigenvalue weighted by Gasteiger charge is 2.25. The molecule has 1 N–H and O–H groups in total. The van der Waals surface area contributed by atoms with E-state index in [4.69, 9.17) is 0 Å². The number of thioether (sulfide) groups is 1. The lowest BCUT2D eigenvalue weighted by atomic mass is 9.88. The molecule has 3 rings (SSSR count). The average Bonchev–Trinajstić information content (AvgIpc) is 2.38. The number of aliphatic imine (C=N–C) groups is 1. The van der Waals surface area contributed by atoms with Crippen molar-refractivity contribution in [1.82, 2.24) is 0 Å². The van der Waals surface area contributed by atoms with Crippen molar-refractivity contribution < 1.29 is 0 Å². The molecule has 0 saturated carbocycles. The van der Waals surface area contributed by atoms with Gasteiger partial charge < -0.3 is 5.32 Å². The first-order chi connectivity index (χ1) is 8.29. The lowest BCUT2D eigenvalue weighted by Crippen LogP contribution is -2.20. The van der Waals surface area contributed by atoms with Crippen LogP contribution in [0.25, 0.3) is 0 Å². The molecule has 1 heterocycles. The van der Waals surface area contributed by atoms with Gasteiger partial charge >= 0.3 is 0 Å². The predicted octanol–water partition coefficient (Wildman–Crippen LogP) is 3.77. The fraction of sp³-hybridized carbons (Fsp3) is 0.500. The van der Waals surface area contributed by atoms with Gasteiger partial charge in [0.15, 0.2) is 5.17 Å². The SMILES string of the molecule is CN=C1Nc2c(ccc3c2CCCC3)C(C)S1. The van der Waals surface area contributed by atoms with Crippen molar-refractivity contribution in [2.75, 3.05) is 12.4 Å². The number of amidine groups is 1. The molecule has 1 aromatic rings. The Morgan fingerprint density at radius 1 is 1.29 bits per heavy atom. The van der Waals surface area contributed by atoms with Gasteiger partial charge in [-0.3, -0.25) is 4.99 Å². The van der Waals surface area contributed by atoms with E-state index in [1.165, 1.54) is 42.5 Å². The van der Waals surface area contributed by atoms with Gasteiger partial charge in [-0.05, 0) is 49.3 Å². The first-order valence-electron chi connectivity index (χ1n) is 6.34. The van der Waals surface area contributed by atoms with Crippen molar-refractivity contribution in [3.05, 3.63) is 28.8 Å². The average molecular weight is 246 g/mol. The normalized spacial score (nSPS) is 25.1. The third kappa shape index (κ3) is 1.86. The fourth-order valence-corrected chi connectivity index (χ4v) is 3.73. The van der Waals surface area contributed by atoms with Gasteiger partial charge in [0, 0.05) is 18.0 Å². The summed E-state index contributed by atoms with van der Waals surface area (Å²) in [5.74, 6) is 0. The molecule has 0 amide bonds. The molecular formula is C14H18N2S. The molecule has 1 aliphatic carbocycles. The molecule has 17 heavy (non-hydrogen) atoms. The highest BCUT2D eigenvalue weighted by molar-refractivity contribution is 8.14. The van der Waals surface area contributed by atoms with Crippen LogP contribution in [0.5, 0.6) is 0 Å². The monoisotopic (exact) mass is 246 g/mol. The number of aryl methyl sites for hydroxylation is 1. The summed E-state index contributed by atoms with van der Waals surface area (Å²) in [6.45, 7) is 2.27. The highest BCUT2D eigenvalue weighted by Crippen LogP contribution is 2.43. The summed E-state index contributed by atoms with van der Waals surface area (Å²) in [5, 5.41) is 5.09. The highest BCUT2D eigenvalue weighted by atomic mass is 32.2. The summed E-state index contributed by atoms with van der Waals surface area (Å²) in [6.07, 6.45) is 5.13. The van der Waals surface area contributed by atoms with Crippen molar-refractivity contribution in [3.8, 4) is 0 Å². The second-order valence-electron chi connectivity index (χ2n) is 4.79. The standard InChI is InChI=1S/C14H18N2S/c1-9-11-8-7-10-5-3-4-6-12(10)13(11)16-14(15-2)17-9/h7-9H,3-6H2,1-2H3,(H,15,16). The van der Waals surface area contributed by atoms with Gasteiger partial charge in [-0.2, -0.15) is 0 Å². The zero-order valence-electron chi connectivity index (χ0n) is 10.4. The molecule has 0 fully saturated rings. The molecule has 3 heteroatoms. The maximum absolute atomic E-state index is 4.31. The topological polar surface area (TPSA) is 24.4 Å². The number of fused-ring (bicyclic) bond motifs is 3. The van der Waals surface area contributed by atoms with E-state index in [0.29, 0.717) is 5.25 Å². The summed E-state index contributed by atoms with van der Waals surface area (Å²) in [4.78, 5) is 4.31. The number of rotatable bonds is 0. The van der Waals surface area contributed by atoms with Gasteiger partial charge in [-0.25, -0.2) is 0 Å². The zero-order chi connectivity index (χ0) is 11.8. The second kappa shape index (κ2) is 4.37. The first-order valence-corrected chi connectivity index (χ1v) is 7.22. The Balaban J connectivity index is 2.12. The van der Waals surface area contributed by atoms with Crippen molar-refractivity contribution >= 4 is 22.6 Å². The Kier molecular flexibility index (Phi) is 2.87. The zero-order valence-corrected chi connectivity index (χ0v) is 11.2. The Morgan fingerprint density at radius 3 is 2.94 bits per heavy atom. The second-order valence-corrected chi connectivity index (χ2v) is 6.12. The molecule has 1 atom stereocenters. The molecule has 0 spiro atoms. The van der Waals surface area contributed by atoms with Crippen LogP contribution in [-0.4, -0.2) is 12.2 Å². The Morgan fingerprint density at radius 2 is 2.12 bits per heavy atom. The van der Waals surface area contributed by atoms with E-state index in [2.05, 4.69) is 29.4 Å². The number of anilines is 1. The molecule has 1 aromatic carbocycles. The maximum atomic E-state index is 4.31. The minimum Gasteiger partial charge on any atom is -0.334 e. The summed E-state index contributed by atoms with van der Waals surface area (Å²) in [6, 6.07) is 4.64. The van der Waals surface area contributed by atoms with Crippen LogP contribution in [0.15, 0.2) is 17.1 Å². The lowest BCUT2D eigenvalue weighted by molar-refractivity contribution is 0.686. The molecule has 0 radical (unpaired) electrons. The first kappa shape index (κ1) is 11.1. The van der Waals surface area contributed by atoms with Gasteiger partial charge in [-0.1, -0.05) is 23.9 Å². The van der Waals surface area contributed by atoms with Crippen LogP contribution < -0.4 is 5.32 Å². The number of hydrogen-bond donors (Lipinski definition) is 1. The summed E-state index contributed by atoms with van der Waals surface area (Å²) >= 11 is 1.82. The molecule has 0 bridgehead atoms. The van der Waals surface area contributed by atoms with Crippen LogP contribution in [0, 0.1) is 0 Å². The number of nitrogens with zero attached hydrogens (tertiary/aromatic N) is 1. The largest absolute Gasteiger partial charge is 0.334 e. The minimum atomic E-state index is 0.511. The van der Waals surface area contributed by atoms with Crippen molar-refractivity contribution in [2.45, 2.75) is 37.9 Å². The van der Waals surface area contributed by atoms with Gasteiger partial charge in [0.25, 0.3) is 0 Å². The molecule has 90 valence electrons. The van der Waals surface area contributed by atoms with E-state index in [-0.39, 0.29) is 0 Å². The van der Waals surface area contributed by atoms with E-state index < -0.39 is 0 Å². The molecule has 0 aromatic heterocycles. The van der Waals surface area contributed by atoms with Crippen LogP contribution in [-0.2, 0) is 12.8 Å². The molecule has 1 unspecified atom stereocenters. The summed E-state index contributed by atoms with van der Waals surface area (Å²) < 4.78 is 0. The van der Waals surface area contributed by atoms with Crippen molar-refractivity contribution in [2.24, 2.45) is 4.99 Å². The van der Waals surface area contributed by atoms with E-state index in [9.17, 15) is 0 Å². The van der Waals surface area contributed by atoms with Crippen LogP contribution in [0.3, 0.4) is 0 Å². The molecular weight excluding hydrogens is 228 g/mol. The van der Waals surface area contributed by atoms with E-state index in [1.807, 2.05) is 18.8 Å². The van der Waals surface area contributed by atoms with Gasteiger partial charge in [-0.15, -0.1) is 0 Å².